The van der Waals surface area contributed by atoms with Gasteiger partial charge < -0.3 is 11.1 Å². The van der Waals surface area contributed by atoms with Crippen molar-refractivity contribution in [3.8, 4) is 0 Å². The van der Waals surface area contributed by atoms with E-state index in [9.17, 15) is 4.39 Å². The van der Waals surface area contributed by atoms with E-state index in [4.69, 9.17) is 5.73 Å². The highest BCUT2D eigenvalue weighted by Gasteiger charge is 2.04. The zero-order chi connectivity index (χ0) is 11.3. The second kappa shape index (κ2) is 5.71. The minimum atomic E-state index is -0.230. The van der Waals surface area contributed by atoms with Crippen LogP contribution >= 0.6 is 0 Å². The first kappa shape index (κ1) is 12.0. The number of nitrogens with one attached hydrogen (secondary N) is 1. The number of nitrogens with two attached hydrogens (primary N) is 1. The Bertz CT molecular complexity index is 312. The Kier molecular flexibility index (Phi) is 4.56. The van der Waals surface area contributed by atoms with E-state index in [0.29, 0.717) is 11.6 Å². The van der Waals surface area contributed by atoms with E-state index in [0.717, 1.165) is 18.5 Å². The molecule has 84 valence electrons. The topological polar surface area (TPSA) is 38.0 Å². The molecule has 0 fully saturated rings. The molecule has 0 radical (unpaired) electrons. The highest BCUT2D eigenvalue weighted by Crippen LogP contribution is 2.16. The van der Waals surface area contributed by atoms with Crippen LogP contribution in [0.4, 0.5) is 10.1 Å². The lowest BCUT2D eigenvalue weighted by Crippen LogP contribution is -2.15. The molecule has 0 spiro atoms. The van der Waals surface area contributed by atoms with Gasteiger partial charge in [0.05, 0.1) is 0 Å². The normalized spacial score (nSPS) is 12.5. The van der Waals surface area contributed by atoms with Crippen molar-refractivity contribution in [2.24, 2.45) is 5.73 Å². The number of halogens is 1. The summed E-state index contributed by atoms with van der Waals surface area (Å²) in [5, 5.41) is 3.32. The summed E-state index contributed by atoms with van der Waals surface area (Å²) in [7, 11) is 0. The number of hydrogen-bond acceptors (Lipinski definition) is 2. The fraction of sp³-hybridized carbons (Fsp3) is 0.500. The van der Waals surface area contributed by atoms with Crippen LogP contribution in [0.15, 0.2) is 18.2 Å². The Balaban J connectivity index is 2.69. The quantitative estimate of drug-likeness (QED) is 0.784. The molecule has 0 heterocycles. The van der Waals surface area contributed by atoms with Gasteiger partial charge in [-0.1, -0.05) is 13.3 Å². The highest BCUT2D eigenvalue weighted by molar-refractivity contribution is 5.46. The maximum atomic E-state index is 13.1. The van der Waals surface area contributed by atoms with E-state index in [2.05, 4.69) is 19.2 Å². The minimum Gasteiger partial charge on any atom is -0.383 e. The predicted molar refractivity (Wildman–Crippen MR) is 62.3 cm³/mol. The van der Waals surface area contributed by atoms with E-state index in [1.807, 2.05) is 0 Å². The molecule has 15 heavy (non-hydrogen) atoms. The van der Waals surface area contributed by atoms with Gasteiger partial charge in [-0.15, -0.1) is 0 Å². The van der Waals surface area contributed by atoms with Crippen LogP contribution < -0.4 is 11.1 Å². The first-order valence-corrected chi connectivity index (χ1v) is 5.42. The molecule has 2 nitrogen and oxygen atoms in total. The third-order valence-electron chi connectivity index (χ3n) is 2.40. The summed E-state index contributed by atoms with van der Waals surface area (Å²) in [5.41, 5.74) is 6.94. The third-order valence-corrected chi connectivity index (χ3v) is 2.40. The number of anilines is 1. The largest absolute Gasteiger partial charge is 0.383 e. The summed E-state index contributed by atoms with van der Waals surface area (Å²) in [4.78, 5) is 0. The molecular formula is C12H19FN2. The molecule has 3 N–H and O–H groups in total. The molecule has 1 aromatic rings. The van der Waals surface area contributed by atoms with Crippen molar-refractivity contribution in [1.82, 2.24) is 0 Å². The molecule has 1 atom stereocenters. The fourth-order valence-corrected chi connectivity index (χ4v) is 1.61. The van der Waals surface area contributed by atoms with E-state index >= 15 is 0 Å². The molecule has 0 bridgehead atoms. The van der Waals surface area contributed by atoms with Crippen LogP contribution in [0.3, 0.4) is 0 Å². The standard InChI is InChI=1S/C12H19FN2/c1-3-4-9(2)15-11-5-6-12(13)10(7-11)8-14/h5-7,9,15H,3-4,8,14H2,1-2H3. The molecule has 1 aromatic carbocycles. The molecule has 0 aliphatic heterocycles. The molecule has 0 aliphatic carbocycles. The summed E-state index contributed by atoms with van der Waals surface area (Å²) < 4.78 is 13.1. The van der Waals surface area contributed by atoms with Crippen molar-refractivity contribution in [2.75, 3.05) is 5.32 Å². The van der Waals surface area contributed by atoms with Crippen molar-refractivity contribution >= 4 is 5.69 Å². The molecule has 0 amide bonds. The molecule has 0 saturated carbocycles. The van der Waals surface area contributed by atoms with Crippen LogP contribution in [0.2, 0.25) is 0 Å². The number of benzene rings is 1. The molecule has 0 saturated heterocycles. The summed E-state index contributed by atoms with van der Waals surface area (Å²) in [6.07, 6.45) is 2.24. The highest BCUT2D eigenvalue weighted by atomic mass is 19.1. The lowest BCUT2D eigenvalue weighted by molar-refractivity contribution is 0.610. The lowest BCUT2D eigenvalue weighted by atomic mass is 10.1. The fourth-order valence-electron chi connectivity index (χ4n) is 1.61. The smallest absolute Gasteiger partial charge is 0.127 e. The van der Waals surface area contributed by atoms with E-state index in [-0.39, 0.29) is 12.4 Å². The first-order chi connectivity index (χ1) is 7.17. The number of rotatable bonds is 5. The van der Waals surface area contributed by atoms with Gasteiger partial charge in [-0.25, -0.2) is 4.39 Å². The van der Waals surface area contributed by atoms with Gasteiger partial charge in [0.2, 0.25) is 0 Å². The Morgan fingerprint density at radius 2 is 2.20 bits per heavy atom. The average molecular weight is 210 g/mol. The summed E-state index contributed by atoms with van der Waals surface area (Å²) >= 11 is 0. The van der Waals surface area contributed by atoms with Crippen molar-refractivity contribution in [3.63, 3.8) is 0 Å². The maximum absolute atomic E-state index is 13.1. The average Bonchev–Trinajstić information content (AvgIpc) is 2.21. The zero-order valence-electron chi connectivity index (χ0n) is 9.39. The third kappa shape index (κ3) is 3.51. The van der Waals surface area contributed by atoms with Gasteiger partial charge in [-0.05, 0) is 31.5 Å². The van der Waals surface area contributed by atoms with Crippen LogP contribution in [0, 0.1) is 5.82 Å². The van der Waals surface area contributed by atoms with E-state index in [1.165, 1.54) is 6.07 Å². The molecule has 3 heteroatoms. The van der Waals surface area contributed by atoms with Crippen LogP contribution in [0.5, 0.6) is 0 Å². The molecule has 1 rings (SSSR count). The van der Waals surface area contributed by atoms with Gasteiger partial charge in [-0.3, -0.25) is 0 Å². The monoisotopic (exact) mass is 210 g/mol. The summed E-state index contributed by atoms with van der Waals surface area (Å²) in [5.74, 6) is -0.230. The van der Waals surface area contributed by atoms with Crippen molar-refractivity contribution in [3.05, 3.63) is 29.6 Å². The van der Waals surface area contributed by atoms with Gasteiger partial charge in [0.15, 0.2) is 0 Å². The Hall–Kier alpha value is -1.09. The summed E-state index contributed by atoms with van der Waals surface area (Å²) in [6.45, 7) is 4.51. The van der Waals surface area contributed by atoms with E-state index < -0.39 is 0 Å². The number of hydrogen-bond donors (Lipinski definition) is 2. The minimum absolute atomic E-state index is 0.230. The van der Waals surface area contributed by atoms with Gasteiger partial charge in [-0.2, -0.15) is 0 Å². The van der Waals surface area contributed by atoms with Crippen LogP contribution in [-0.4, -0.2) is 6.04 Å². The second-order valence-electron chi connectivity index (χ2n) is 3.84. The van der Waals surface area contributed by atoms with Crippen molar-refractivity contribution < 1.29 is 4.39 Å². The van der Waals surface area contributed by atoms with Crippen molar-refractivity contribution in [1.29, 1.82) is 0 Å². The van der Waals surface area contributed by atoms with E-state index in [1.54, 1.807) is 12.1 Å². The molecule has 0 aliphatic rings. The van der Waals surface area contributed by atoms with Crippen molar-refractivity contribution in [2.45, 2.75) is 39.3 Å². The Morgan fingerprint density at radius 1 is 1.47 bits per heavy atom. The summed E-state index contributed by atoms with van der Waals surface area (Å²) in [6, 6.07) is 5.40. The van der Waals surface area contributed by atoms with Crippen LogP contribution in [-0.2, 0) is 6.54 Å². The second-order valence-corrected chi connectivity index (χ2v) is 3.84. The van der Waals surface area contributed by atoms with Crippen LogP contribution in [0.25, 0.3) is 0 Å². The predicted octanol–water partition coefficient (Wildman–Crippen LogP) is 2.88. The Labute approximate surface area is 90.7 Å². The zero-order valence-corrected chi connectivity index (χ0v) is 9.39. The molecule has 0 aromatic heterocycles. The van der Waals surface area contributed by atoms with Gasteiger partial charge in [0, 0.05) is 23.8 Å². The van der Waals surface area contributed by atoms with Gasteiger partial charge >= 0.3 is 0 Å². The van der Waals surface area contributed by atoms with Gasteiger partial charge in [0.1, 0.15) is 5.82 Å². The van der Waals surface area contributed by atoms with Gasteiger partial charge in [0.25, 0.3) is 0 Å². The molecule has 1 unspecified atom stereocenters. The Morgan fingerprint density at radius 3 is 2.80 bits per heavy atom. The first-order valence-electron chi connectivity index (χ1n) is 5.42. The maximum Gasteiger partial charge on any atom is 0.127 e. The van der Waals surface area contributed by atoms with Crippen LogP contribution in [0.1, 0.15) is 32.3 Å². The lowest BCUT2D eigenvalue weighted by Gasteiger charge is -2.15. The molecular weight excluding hydrogens is 191 g/mol. The SMILES string of the molecule is CCCC(C)Nc1ccc(F)c(CN)c1.